The van der Waals surface area contributed by atoms with Gasteiger partial charge in [-0.05, 0) is 57.5 Å². The molecule has 0 aliphatic carbocycles. The van der Waals surface area contributed by atoms with Crippen LogP contribution in [0.4, 0.5) is 0 Å². The first kappa shape index (κ1) is 21.9. The first-order chi connectivity index (χ1) is 15.4. The highest BCUT2D eigenvalue weighted by Gasteiger charge is 2.23. The van der Waals surface area contributed by atoms with E-state index in [-0.39, 0.29) is 11.5 Å². The van der Waals surface area contributed by atoms with Crippen LogP contribution in [0, 0.1) is 11.8 Å². The molecule has 1 aliphatic heterocycles. The summed E-state index contributed by atoms with van der Waals surface area (Å²) in [4.78, 5) is 30.3. The lowest BCUT2D eigenvalue weighted by Crippen LogP contribution is -2.33. The highest BCUT2D eigenvalue weighted by molar-refractivity contribution is 5.46. The van der Waals surface area contributed by atoms with Crippen molar-refractivity contribution < 1.29 is 5.11 Å². The molecule has 0 radical (unpaired) electrons. The molecule has 2 aromatic heterocycles. The highest BCUT2D eigenvalue weighted by atomic mass is 16.3. The van der Waals surface area contributed by atoms with Gasteiger partial charge in [0.2, 0.25) is 0 Å². The molecule has 3 heterocycles. The molecule has 1 aliphatic rings. The number of nitrogens with zero attached hydrogens (tertiary/aromatic N) is 4. The van der Waals surface area contributed by atoms with Crippen molar-refractivity contribution in [1.82, 2.24) is 24.8 Å². The molecule has 7 heteroatoms. The summed E-state index contributed by atoms with van der Waals surface area (Å²) in [5.74, 6) is 6.56. The van der Waals surface area contributed by atoms with Crippen molar-refractivity contribution in [3.05, 3.63) is 76.1 Å². The monoisotopic (exact) mass is 429 g/mol. The normalized spacial score (nSPS) is 15.2. The van der Waals surface area contributed by atoms with Crippen LogP contribution >= 0.6 is 0 Å². The van der Waals surface area contributed by atoms with E-state index < -0.39 is 5.60 Å². The molecule has 0 amide bonds. The average Bonchev–Trinajstić information content (AvgIpc) is 2.79. The molecule has 1 aromatic carbocycles. The fourth-order valence-electron chi connectivity index (χ4n) is 3.79. The largest absolute Gasteiger partial charge is 0.378 e. The van der Waals surface area contributed by atoms with E-state index in [9.17, 15) is 9.90 Å². The van der Waals surface area contributed by atoms with E-state index in [1.807, 2.05) is 12.1 Å². The molecule has 0 saturated carbocycles. The van der Waals surface area contributed by atoms with Gasteiger partial charge in [-0.15, -0.1) is 0 Å². The zero-order valence-electron chi connectivity index (χ0n) is 18.4. The molecule has 7 nitrogen and oxygen atoms in total. The summed E-state index contributed by atoms with van der Waals surface area (Å²) >= 11 is 0. The second-order valence-electron chi connectivity index (χ2n) is 8.67. The van der Waals surface area contributed by atoms with Crippen LogP contribution in [-0.4, -0.2) is 48.6 Å². The first-order valence-electron chi connectivity index (χ1n) is 10.8. The van der Waals surface area contributed by atoms with Crippen LogP contribution in [0.2, 0.25) is 0 Å². The Morgan fingerprint density at radius 2 is 1.94 bits per heavy atom. The molecule has 2 N–H and O–H groups in total. The number of benzene rings is 1. The Hall–Kier alpha value is -3.34. The average molecular weight is 430 g/mol. The molecular weight excluding hydrogens is 402 g/mol. The SMILES string of the molecule is CC(C)(O)C#Cc1ccc(CN2CCC(c3cc(=O)[nH]c(-c4cnccn4)n3)CC2)cc1. The number of nitrogens with one attached hydrogen (secondary N) is 1. The minimum Gasteiger partial charge on any atom is -0.378 e. The van der Waals surface area contributed by atoms with E-state index in [1.54, 1.807) is 38.5 Å². The quantitative estimate of drug-likeness (QED) is 0.620. The Kier molecular flexibility index (Phi) is 6.45. The van der Waals surface area contributed by atoms with Crippen LogP contribution in [0.1, 0.15) is 49.4 Å². The molecule has 1 saturated heterocycles. The van der Waals surface area contributed by atoms with Crippen LogP contribution < -0.4 is 5.56 Å². The molecule has 0 unspecified atom stereocenters. The van der Waals surface area contributed by atoms with Gasteiger partial charge in [0.1, 0.15) is 11.3 Å². The Bertz CT molecular complexity index is 1160. The van der Waals surface area contributed by atoms with Gasteiger partial charge < -0.3 is 10.1 Å². The molecule has 164 valence electrons. The van der Waals surface area contributed by atoms with E-state index in [0.29, 0.717) is 11.5 Å². The maximum atomic E-state index is 12.2. The Morgan fingerprint density at radius 1 is 1.19 bits per heavy atom. The van der Waals surface area contributed by atoms with E-state index in [0.717, 1.165) is 43.7 Å². The zero-order valence-corrected chi connectivity index (χ0v) is 18.4. The topological polar surface area (TPSA) is 95.0 Å². The van der Waals surface area contributed by atoms with E-state index in [2.05, 4.69) is 48.8 Å². The van der Waals surface area contributed by atoms with Crippen LogP contribution in [0.15, 0.2) is 53.7 Å². The summed E-state index contributed by atoms with van der Waals surface area (Å²) in [5.41, 5.74) is 2.37. The Labute approximate surface area is 187 Å². The van der Waals surface area contributed by atoms with Gasteiger partial charge in [0, 0.05) is 36.5 Å². The first-order valence-corrected chi connectivity index (χ1v) is 10.8. The van der Waals surface area contributed by atoms with Gasteiger partial charge in [-0.25, -0.2) is 9.97 Å². The summed E-state index contributed by atoms with van der Waals surface area (Å²) in [6, 6.07) is 9.77. The van der Waals surface area contributed by atoms with Crippen LogP contribution in [0.5, 0.6) is 0 Å². The molecule has 1 fully saturated rings. The fourth-order valence-corrected chi connectivity index (χ4v) is 3.79. The second kappa shape index (κ2) is 9.43. The van der Waals surface area contributed by atoms with Gasteiger partial charge in [-0.3, -0.25) is 14.7 Å². The van der Waals surface area contributed by atoms with Gasteiger partial charge in [0.15, 0.2) is 5.82 Å². The van der Waals surface area contributed by atoms with Gasteiger partial charge in [-0.2, -0.15) is 0 Å². The Balaban J connectivity index is 1.37. The number of hydrogen-bond donors (Lipinski definition) is 2. The third kappa shape index (κ3) is 5.88. The maximum Gasteiger partial charge on any atom is 0.251 e. The Morgan fingerprint density at radius 3 is 2.59 bits per heavy atom. The lowest BCUT2D eigenvalue weighted by Gasteiger charge is -2.31. The van der Waals surface area contributed by atoms with Crippen molar-refractivity contribution in [3.8, 4) is 23.4 Å². The van der Waals surface area contributed by atoms with Gasteiger partial charge >= 0.3 is 0 Å². The number of aromatic amines is 1. The summed E-state index contributed by atoms with van der Waals surface area (Å²) in [6.07, 6.45) is 6.69. The van der Waals surface area contributed by atoms with Gasteiger partial charge in [0.25, 0.3) is 5.56 Å². The lowest BCUT2D eigenvalue weighted by molar-refractivity contribution is 0.143. The summed E-state index contributed by atoms with van der Waals surface area (Å²) < 4.78 is 0. The zero-order chi connectivity index (χ0) is 22.6. The summed E-state index contributed by atoms with van der Waals surface area (Å²) in [7, 11) is 0. The van der Waals surface area contributed by atoms with Crippen molar-refractivity contribution in [3.63, 3.8) is 0 Å². The molecule has 4 rings (SSSR count). The molecule has 0 atom stereocenters. The number of hydrogen-bond acceptors (Lipinski definition) is 6. The number of aliphatic hydroxyl groups is 1. The fraction of sp³-hybridized carbons (Fsp3) is 0.360. The number of aromatic nitrogens is 4. The highest BCUT2D eigenvalue weighted by Crippen LogP contribution is 2.27. The van der Waals surface area contributed by atoms with Gasteiger partial charge in [0.05, 0.1) is 11.9 Å². The van der Waals surface area contributed by atoms with Crippen LogP contribution in [-0.2, 0) is 6.54 Å². The van der Waals surface area contributed by atoms with E-state index in [1.165, 1.54) is 5.56 Å². The second-order valence-corrected chi connectivity index (χ2v) is 8.67. The van der Waals surface area contributed by atoms with Crippen molar-refractivity contribution in [1.29, 1.82) is 0 Å². The van der Waals surface area contributed by atoms with E-state index >= 15 is 0 Å². The standard InChI is InChI=1S/C25H27N5O2/c1-25(2,32)10-7-18-3-5-19(6-4-18)17-30-13-8-20(9-14-30)21-15-23(31)29-24(28-21)22-16-26-11-12-27-22/h3-6,11-12,15-16,20,32H,8-9,13-14,17H2,1-2H3,(H,28,29,31). The molecule has 0 bridgehead atoms. The molecule has 32 heavy (non-hydrogen) atoms. The molecular formula is C25H27N5O2. The predicted octanol–water partition coefficient (Wildman–Crippen LogP) is 2.73. The minimum atomic E-state index is -0.989. The maximum absolute atomic E-state index is 12.2. The molecule has 3 aromatic rings. The van der Waals surface area contributed by atoms with Crippen molar-refractivity contribution in [2.45, 2.75) is 44.8 Å². The van der Waals surface area contributed by atoms with Crippen molar-refractivity contribution in [2.75, 3.05) is 13.1 Å². The lowest BCUT2D eigenvalue weighted by atomic mass is 9.93. The number of H-pyrrole nitrogens is 1. The molecule has 0 spiro atoms. The third-order valence-corrected chi connectivity index (χ3v) is 5.45. The third-order valence-electron chi connectivity index (χ3n) is 5.45. The summed E-state index contributed by atoms with van der Waals surface area (Å²) in [6.45, 7) is 6.12. The predicted molar refractivity (Wildman–Crippen MR) is 123 cm³/mol. The summed E-state index contributed by atoms with van der Waals surface area (Å²) in [5, 5.41) is 9.73. The van der Waals surface area contributed by atoms with Crippen molar-refractivity contribution in [2.24, 2.45) is 0 Å². The van der Waals surface area contributed by atoms with Crippen molar-refractivity contribution >= 4 is 0 Å². The van der Waals surface area contributed by atoms with Crippen LogP contribution in [0.3, 0.4) is 0 Å². The smallest absolute Gasteiger partial charge is 0.251 e. The van der Waals surface area contributed by atoms with Crippen LogP contribution in [0.25, 0.3) is 11.5 Å². The number of likely N-dealkylation sites (tertiary alicyclic amines) is 1. The van der Waals surface area contributed by atoms with E-state index in [4.69, 9.17) is 0 Å². The number of rotatable bonds is 4. The van der Waals surface area contributed by atoms with Gasteiger partial charge in [-0.1, -0.05) is 24.0 Å². The number of piperidine rings is 1. The minimum absolute atomic E-state index is 0.161.